The predicted molar refractivity (Wildman–Crippen MR) is 106 cm³/mol. The van der Waals surface area contributed by atoms with Gasteiger partial charge < -0.3 is 10.6 Å². The average Bonchev–Trinajstić information content (AvgIpc) is 3.07. The molecule has 1 saturated heterocycles. The van der Waals surface area contributed by atoms with Crippen LogP contribution in [-0.4, -0.2) is 39.7 Å². The van der Waals surface area contributed by atoms with Crippen molar-refractivity contribution in [1.29, 1.82) is 0 Å². The van der Waals surface area contributed by atoms with E-state index in [1.807, 2.05) is 6.07 Å². The van der Waals surface area contributed by atoms with Gasteiger partial charge in [-0.2, -0.15) is 0 Å². The van der Waals surface area contributed by atoms with E-state index in [4.69, 9.17) is 0 Å². The number of benzene rings is 1. The lowest BCUT2D eigenvalue weighted by Gasteiger charge is -2.34. The molecular weight excluding hydrogens is 372 g/mol. The molecule has 26 heavy (non-hydrogen) atoms. The molecule has 0 spiro atoms. The Morgan fingerprint density at radius 1 is 1.19 bits per heavy atom. The quantitative estimate of drug-likeness (QED) is 0.768. The van der Waals surface area contributed by atoms with Crippen molar-refractivity contribution in [2.45, 2.75) is 50.3 Å². The van der Waals surface area contributed by atoms with E-state index in [0.717, 1.165) is 50.8 Å². The summed E-state index contributed by atoms with van der Waals surface area (Å²) in [6.45, 7) is 4.74. The van der Waals surface area contributed by atoms with Gasteiger partial charge in [-0.3, -0.25) is 4.79 Å². The maximum absolute atomic E-state index is 12.5. The molecule has 5 nitrogen and oxygen atoms in total. The fraction of sp³-hybridized carbons (Fsp3) is 0.632. The zero-order chi connectivity index (χ0) is 17.9. The Bertz CT molecular complexity index is 743. The molecule has 7 heteroatoms. The van der Waals surface area contributed by atoms with Crippen molar-refractivity contribution in [2.24, 2.45) is 5.41 Å². The molecule has 2 aliphatic rings. The van der Waals surface area contributed by atoms with Crippen LogP contribution in [0.25, 0.3) is 0 Å². The molecule has 3 rings (SSSR count). The predicted octanol–water partition coefficient (Wildman–Crippen LogP) is 2.27. The van der Waals surface area contributed by atoms with Crippen LogP contribution in [0.1, 0.15) is 43.7 Å². The molecule has 1 aliphatic carbocycles. The lowest BCUT2D eigenvalue weighted by atomic mass is 9.81. The van der Waals surface area contributed by atoms with Gasteiger partial charge in [0.05, 0.1) is 10.6 Å². The highest BCUT2D eigenvalue weighted by atomic mass is 35.5. The van der Waals surface area contributed by atoms with Crippen LogP contribution in [0.15, 0.2) is 23.1 Å². The lowest BCUT2D eigenvalue weighted by Crippen LogP contribution is -2.43. The summed E-state index contributed by atoms with van der Waals surface area (Å²) in [5.41, 5.74) is 2.51. The number of sulfone groups is 1. The number of hydrogen-bond donors (Lipinski definition) is 2. The average molecular weight is 401 g/mol. The molecule has 0 radical (unpaired) electrons. The second kappa shape index (κ2) is 8.72. The molecule has 1 fully saturated rings. The monoisotopic (exact) mass is 400 g/mol. The van der Waals surface area contributed by atoms with Crippen molar-refractivity contribution in [1.82, 2.24) is 10.6 Å². The van der Waals surface area contributed by atoms with Crippen LogP contribution >= 0.6 is 12.4 Å². The number of piperidine rings is 1. The molecule has 2 N–H and O–H groups in total. The molecule has 146 valence electrons. The van der Waals surface area contributed by atoms with Crippen molar-refractivity contribution < 1.29 is 13.2 Å². The highest BCUT2D eigenvalue weighted by molar-refractivity contribution is 7.91. The summed E-state index contributed by atoms with van der Waals surface area (Å²) < 4.78 is 25.0. The van der Waals surface area contributed by atoms with E-state index in [0.29, 0.717) is 11.4 Å². The number of carbonyl (C=O) groups is 1. The van der Waals surface area contributed by atoms with Crippen LogP contribution in [0, 0.1) is 5.41 Å². The third-order valence-electron chi connectivity index (χ3n) is 5.55. The van der Waals surface area contributed by atoms with Crippen LogP contribution in [0.3, 0.4) is 0 Å². The number of hydrogen-bond acceptors (Lipinski definition) is 4. The third kappa shape index (κ3) is 5.21. The summed E-state index contributed by atoms with van der Waals surface area (Å²) in [6.07, 6.45) is 5.16. The van der Waals surface area contributed by atoms with Gasteiger partial charge in [0, 0.05) is 13.0 Å². The van der Waals surface area contributed by atoms with Crippen molar-refractivity contribution in [3.05, 3.63) is 29.3 Å². The molecule has 1 aliphatic heterocycles. The number of nitrogens with one attached hydrogen (secondary N) is 2. The van der Waals surface area contributed by atoms with Gasteiger partial charge >= 0.3 is 0 Å². The van der Waals surface area contributed by atoms with E-state index in [2.05, 4.69) is 17.6 Å². The normalized spacial score (nSPS) is 18.7. The minimum absolute atomic E-state index is 0. The summed E-state index contributed by atoms with van der Waals surface area (Å²) in [7, 11) is -3.41. The van der Waals surface area contributed by atoms with Crippen molar-refractivity contribution >= 4 is 28.2 Å². The SMILES string of the molecule is CC1(CNC(=O)CCS(=O)(=O)c2ccc3c(c2)CCC3)CCNCC1.Cl. The fourth-order valence-electron chi connectivity index (χ4n) is 3.69. The summed E-state index contributed by atoms with van der Waals surface area (Å²) in [4.78, 5) is 12.5. The van der Waals surface area contributed by atoms with Crippen LogP contribution in [0.4, 0.5) is 0 Å². The third-order valence-corrected chi connectivity index (χ3v) is 7.26. The summed E-state index contributed by atoms with van der Waals surface area (Å²) in [5, 5.41) is 6.24. The summed E-state index contributed by atoms with van der Waals surface area (Å²) in [6, 6.07) is 5.41. The maximum atomic E-state index is 12.5. The standard InChI is InChI=1S/C19H28N2O3S.ClH/c1-19(8-10-20-11-9-19)14-21-18(22)7-12-25(23,24)17-6-5-15-3-2-4-16(15)13-17;/h5-6,13,20H,2-4,7-12,14H2,1H3,(H,21,22);1H. The van der Waals surface area contributed by atoms with Crippen LogP contribution in [0.5, 0.6) is 0 Å². The summed E-state index contributed by atoms with van der Waals surface area (Å²) in [5.74, 6) is -0.305. The zero-order valence-corrected chi connectivity index (χ0v) is 17.0. The highest BCUT2D eigenvalue weighted by Gasteiger charge is 2.27. The van der Waals surface area contributed by atoms with Gasteiger partial charge in [0.25, 0.3) is 0 Å². The number of rotatable bonds is 6. The number of fused-ring (bicyclic) bond motifs is 1. The van der Waals surface area contributed by atoms with E-state index >= 15 is 0 Å². The number of carbonyl (C=O) groups excluding carboxylic acids is 1. The second-order valence-corrected chi connectivity index (χ2v) is 9.80. The molecule has 0 bridgehead atoms. The minimum Gasteiger partial charge on any atom is -0.356 e. The largest absolute Gasteiger partial charge is 0.356 e. The molecule has 1 aromatic carbocycles. The van der Waals surface area contributed by atoms with Crippen molar-refractivity contribution in [3.63, 3.8) is 0 Å². The molecule has 0 aromatic heterocycles. The minimum atomic E-state index is -3.41. The maximum Gasteiger partial charge on any atom is 0.221 e. The van der Waals surface area contributed by atoms with Crippen LogP contribution in [-0.2, 0) is 27.5 Å². The van der Waals surface area contributed by atoms with Crippen molar-refractivity contribution in [2.75, 3.05) is 25.4 Å². The Morgan fingerprint density at radius 3 is 2.62 bits per heavy atom. The van der Waals surface area contributed by atoms with Crippen LogP contribution in [0.2, 0.25) is 0 Å². The molecule has 1 aromatic rings. The molecule has 1 amide bonds. The van der Waals surface area contributed by atoms with E-state index < -0.39 is 9.84 Å². The number of halogens is 1. The number of aryl methyl sites for hydroxylation is 2. The van der Waals surface area contributed by atoms with E-state index in [9.17, 15) is 13.2 Å². The van der Waals surface area contributed by atoms with E-state index in [1.165, 1.54) is 5.56 Å². The zero-order valence-electron chi connectivity index (χ0n) is 15.3. The van der Waals surface area contributed by atoms with Gasteiger partial charge in [0.15, 0.2) is 9.84 Å². The fourth-order valence-corrected chi connectivity index (χ4v) is 4.98. The van der Waals surface area contributed by atoms with Gasteiger partial charge in [-0.25, -0.2) is 8.42 Å². The first kappa shape index (κ1) is 21.2. The smallest absolute Gasteiger partial charge is 0.221 e. The Morgan fingerprint density at radius 2 is 1.88 bits per heavy atom. The molecule has 0 atom stereocenters. The Balaban J connectivity index is 0.00000243. The van der Waals surface area contributed by atoms with Gasteiger partial charge in [0.2, 0.25) is 5.91 Å². The number of amides is 1. The van der Waals surface area contributed by atoms with Gasteiger partial charge in [-0.15, -0.1) is 12.4 Å². The second-order valence-electron chi connectivity index (χ2n) is 7.69. The first-order valence-electron chi connectivity index (χ1n) is 9.20. The summed E-state index contributed by atoms with van der Waals surface area (Å²) >= 11 is 0. The molecular formula is C19H29ClN2O3S. The van der Waals surface area contributed by atoms with Gasteiger partial charge in [0.1, 0.15) is 0 Å². The van der Waals surface area contributed by atoms with E-state index in [1.54, 1.807) is 12.1 Å². The first-order chi connectivity index (χ1) is 11.9. The van der Waals surface area contributed by atoms with Gasteiger partial charge in [-0.05, 0) is 73.9 Å². The Kier molecular flexibility index (Phi) is 7.11. The molecule has 0 saturated carbocycles. The first-order valence-corrected chi connectivity index (χ1v) is 10.9. The lowest BCUT2D eigenvalue weighted by molar-refractivity contribution is -0.121. The van der Waals surface area contributed by atoms with Crippen molar-refractivity contribution in [3.8, 4) is 0 Å². The van der Waals surface area contributed by atoms with E-state index in [-0.39, 0.29) is 35.9 Å². The van der Waals surface area contributed by atoms with Gasteiger partial charge in [-0.1, -0.05) is 13.0 Å². The Labute approximate surface area is 162 Å². The Hall–Kier alpha value is -1.11. The van der Waals surface area contributed by atoms with Crippen LogP contribution < -0.4 is 10.6 Å². The highest BCUT2D eigenvalue weighted by Crippen LogP contribution is 2.27. The molecule has 1 heterocycles. The molecule has 0 unspecified atom stereocenters. The topological polar surface area (TPSA) is 75.3 Å².